The number of anilines is 1. The van der Waals surface area contributed by atoms with E-state index < -0.39 is 16.7 Å². The van der Waals surface area contributed by atoms with Crippen molar-refractivity contribution in [2.45, 2.75) is 0 Å². The summed E-state index contributed by atoms with van der Waals surface area (Å²) in [5, 5.41) is 11.1. The number of fused-ring (bicyclic) bond motifs is 1. The molecule has 0 fully saturated rings. The number of amides is 2. The lowest BCUT2D eigenvalue weighted by Crippen LogP contribution is -2.29. The molecule has 0 saturated carbocycles. The van der Waals surface area contributed by atoms with Crippen LogP contribution in [0.1, 0.15) is 20.7 Å². The van der Waals surface area contributed by atoms with Gasteiger partial charge in [0, 0.05) is 6.07 Å². The molecule has 110 valence electrons. The van der Waals surface area contributed by atoms with Crippen molar-refractivity contribution < 1.29 is 14.5 Å². The molecule has 0 N–H and O–H groups in total. The summed E-state index contributed by atoms with van der Waals surface area (Å²) in [6, 6.07) is 8.72. The molecule has 8 heteroatoms. The van der Waals surface area contributed by atoms with Gasteiger partial charge in [-0.15, -0.1) is 0 Å². The van der Waals surface area contributed by atoms with Crippen LogP contribution < -0.4 is 4.90 Å². The number of carbonyl (C=O) groups is 2. The van der Waals surface area contributed by atoms with E-state index in [0.29, 0.717) is 0 Å². The molecule has 0 atom stereocenters. The second-order valence-electron chi connectivity index (χ2n) is 4.50. The first kappa shape index (κ1) is 14.7. The van der Waals surface area contributed by atoms with Crippen LogP contribution in [0.15, 0.2) is 40.9 Å². The summed E-state index contributed by atoms with van der Waals surface area (Å²) in [4.78, 5) is 36.0. The van der Waals surface area contributed by atoms with E-state index in [4.69, 9.17) is 11.6 Å². The molecule has 1 heterocycles. The van der Waals surface area contributed by atoms with Crippen LogP contribution in [0.4, 0.5) is 11.4 Å². The van der Waals surface area contributed by atoms with Crippen LogP contribution in [0, 0.1) is 10.1 Å². The molecule has 0 aliphatic carbocycles. The maximum Gasteiger partial charge on any atom is 0.285 e. The lowest BCUT2D eigenvalue weighted by atomic mass is 10.1. The minimum absolute atomic E-state index is 0.0113. The average molecular weight is 382 g/mol. The summed E-state index contributed by atoms with van der Waals surface area (Å²) < 4.78 is 0.169. The molecule has 2 aromatic carbocycles. The van der Waals surface area contributed by atoms with Gasteiger partial charge in [-0.25, -0.2) is 4.90 Å². The minimum Gasteiger partial charge on any atom is -0.268 e. The smallest absolute Gasteiger partial charge is 0.268 e. The van der Waals surface area contributed by atoms with E-state index in [1.54, 1.807) is 12.1 Å². The monoisotopic (exact) mass is 380 g/mol. The van der Waals surface area contributed by atoms with Crippen molar-refractivity contribution in [1.29, 1.82) is 0 Å². The van der Waals surface area contributed by atoms with Crippen LogP contribution in [0.5, 0.6) is 0 Å². The second-order valence-corrected chi connectivity index (χ2v) is 5.76. The Morgan fingerprint density at radius 3 is 2.14 bits per heavy atom. The van der Waals surface area contributed by atoms with Crippen molar-refractivity contribution in [3.8, 4) is 0 Å². The largest absolute Gasteiger partial charge is 0.285 e. The van der Waals surface area contributed by atoms with Gasteiger partial charge in [0.15, 0.2) is 0 Å². The van der Waals surface area contributed by atoms with Crippen molar-refractivity contribution in [1.82, 2.24) is 0 Å². The summed E-state index contributed by atoms with van der Waals surface area (Å²) >= 11 is 9.10. The lowest BCUT2D eigenvalue weighted by molar-refractivity contribution is -0.385. The normalized spacial score (nSPS) is 13.5. The summed E-state index contributed by atoms with van der Waals surface area (Å²) in [6.45, 7) is 0. The fourth-order valence-corrected chi connectivity index (χ4v) is 3.11. The van der Waals surface area contributed by atoms with Gasteiger partial charge in [0.05, 0.1) is 31.2 Å². The third-order valence-electron chi connectivity index (χ3n) is 3.25. The molecule has 2 amide bonds. The Balaban J connectivity index is 2.18. The zero-order valence-electron chi connectivity index (χ0n) is 10.7. The fourth-order valence-electron chi connectivity index (χ4n) is 2.25. The summed E-state index contributed by atoms with van der Waals surface area (Å²) in [5.74, 6) is -1.11. The lowest BCUT2D eigenvalue weighted by Gasteiger charge is -2.15. The van der Waals surface area contributed by atoms with E-state index in [-0.39, 0.29) is 32.0 Å². The Hall–Kier alpha value is -2.25. The fraction of sp³-hybridized carbons (Fsp3) is 0. The molecule has 6 nitrogen and oxygen atoms in total. The molecular formula is C14H6BrClN2O4. The van der Waals surface area contributed by atoms with Gasteiger partial charge in [0.25, 0.3) is 17.5 Å². The Kier molecular flexibility index (Phi) is 3.46. The number of imide groups is 1. The number of nitro benzene ring substituents is 1. The molecule has 0 radical (unpaired) electrons. The molecule has 1 aliphatic rings. The minimum atomic E-state index is -0.623. The molecule has 2 aromatic rings. The molecule has 1 aliphatic heterocycles. The number of nitrogens with zero attached hydrogens (tertiary/aromatic N) is 2. The van der Waals surface area contributed by atoms with Crippen LogP contribution in [0.3, 0.4) is 0 Å². The van der Waals surface area contributed by atoms with E-state index >= 15 is 0 Å². The molecule has 22 heavy (non-hydrogen) atoms. The Morgan fingerprint density at radius 2 is 1.64 bits per heavy atom. The highest BCUT2D eigenvalue weighted by molar-refractivity contribution is 9.10. The van der Waals surface area contributed by atoms with Crippen LogP contribution in [-0.4, -0.2) is 16.7 Å². The summed E-state index contributed by atoms with van der Waals surface area (Å²) in [6.07, 6.45) is 0. The van der Waals surface area contributed by atoms with Gasteiger partial charge in [-0.05, 0) is 34.1 Å². The van der Waals surface area contributed by atoms with Crippen LogP contribution in [0.25, 0.3) is 0 Å². The standard InChI is InChI=1S/C14H6BrClN2O4/c15-9-5-10(16)12(6-11(9)18(21)22)17-13(19)7-3-1-2-4-8(7)14(17)20/h1-6H. The first-order valence-electron chi connectivity index (χ1n) is 6.03. The van der Waals surface area contributed by atoms with Gasteiger partial charge in [-0.2, -0.15) is 0 Å². The zero-order chi connectivity index (χ0) is 16.0. The number of hydrogen-bond donors (Lipinski definition) is 0. The van der Waals surface area contributed by atoms with E-state index in [1.807, 2.05) is 0 Å². The number of rotatable bonds is 2. The van der Waals surface area contributed by atoms with E-state index in [9.17, 15) is 19.7 Å². The highest BCUT2D eigenvalue weighted by atomic mass is 79.9. The molecule has 0 aromatic heterocycles. The van der Waals surface area contributed by atoms with Gasteiger partial charge in [-0.1, -0.05) is 23.7 Å². The van der Waals surface area contributed by atoms with Crippen LogP contribution in [0.2, 0.25) is 5.02 Å². The highest BCUT2D eigenvalue weighted by Crippen LogP contribution is 2.39. The Morgan fingerprint density at radius 1 is 1.09 bits per heavy atom. The average Bonchev–Trinajstić information content (AvgIpc) is 2.72. The Bertz CT molecular complexity index is 818. The maximum atomic E-state index is 12.4. The Labute approximate surface area is 137 Å². The first-order chi connectivity index (χ1) is 10.4. The molecule has 0 spiro atoms. The van der Waals surface area contributed by atoms with E-state index in [0.717, 1.165) is 11.0 Å². The number of benzene rings is 2. The maximum absolute atomic E-state index is 12.4. The molecule has 0 bridgehead atoms. The molecule has 3 rings (SSSR count). The topological polar surface area (TPSA) is 80.5 Å². The third kappa shape index (κ3) is 2.10. The predicted molar refractivity (Wildman–Crippen MR) is 83.4 cm³/mol. The van der Waals surface area contributed by atoms with Crippen molar-refractivity contribution in [3.63, 3.8) is 0 Å². The first-order valence-corrected chi connectivity index (χ1v) is 7.20. The summed E-state index contributed by atoms with van der Waals surface area (Å²) in [5.41, 5.74) is 0.196. The third-order valence-corrected chi connectivity index (χ3v) is 4.19. The van der Waals surface area contributed by atoms with Gasteiger partial charge in [0.2, 0.25) is 0 Å². The second kappa shape index (κ2) is 5.19. The molecular weight excluding hydrogens is 376 g/mol. The number of nitro groups is 1. The van der Waals surface area contributed by atoms with Crippen molar-refractivity contribution in [2.75, 3.05) is 4.90 Å². The van der Waals surface area contributed by atoms with Gasteiger partial charge >= 0.3 is 0 Å². The SMILES string of the molecule is O=C1c2ccccc2C(=O)N1c1cc([N+](=O)[O-])c(Br)cc1Cl. The highest BCUT2D eigenvalue weighted by Gasteiger charge is 2.38. The molecule has 0 saturated heterocycles. The predicted octanol–water partition coefficient (Wildman–Crippen LogP) is 3.81. The number of hydrogen-bond acceptors (Lipinski definition) is 4. The van der Waals surface area contributed by atoms with E-state index in [2.05, 4.69) is 15.9 Å². The molecule has 0 unspecified atom stereocenters. The summed E-state index contributed by atoms with van der Waals surface area (Å²) in [7, 11) is 0. The van der Waals surface area contributed by atoms with Crippen LogP contribution >= 0.6 is 27.5 Å². The number of carbonyl (C=O) groups excluding carboxylic acids is 2. The van der Waals surface area contributed by atoms with Gasteiger partial charge in [0.1, 0.15) is 0 Å². The van der Waals surface area contributed by atoms with Crippen LogP contribution in [-0.2, 0) is 0 Å². The van der Waals surface area contributed by atoms with Gasteiger partial charge in [-0.3, -0.25) is 19.7 Å². The quantitative estimate of drug-likeness (QED) is 0.450. The van der Waals surface area contributed by atoms with Crippen molar-refractivity contribution >= 4 is 50.7 Å². The van der Waals surface area contributed by atoms with Crippen molar-refractivity contribution in [3.05, 3.63) is 67.1 Å². The van der Waals surface area contributed by atoms with Crippen molar-refractivity contribution in [2.24, 2.45) is 0 Å². The van der Waals surface area contributed by atoms with Gasteiger partial charge < -0.3 is 0 Å². The zero-order valence-corrected chi connectivity index (χ0v) is 13.1. The van der Waals surface area contributed by atoms with E-state index in [1.165, 1.54) is 18.2 Å². The number of halogens is 2.